The predicted octanol–water partition coefficient (Wildman–Crippen LogP) is 1.49. The number of benzene rings is 1. The fourth-order valence-electron chi connectivity index (χ4n) is 1.52. The Labute approximate surface area is 103 Å². The van der Waals surface area contributed by atoms with Crippen molar-refractivity contribution >= 4 is 0 Å². The molecule has 0 spiro atoms. The molecule has 0 bridgehead atoms. The molecule has 1 aromatic rings. The van der Waals surface area contributed by atoms with Crippen LogP contribution in [0.3, 0.4) is 0 Å². The van der Waals surface area contributed by atoms with Crippen molar-refractivity contribution in [2.24, 2.45) is 0 Å². The second-order valence-electron chi connectivity index (χ2n) is 3.82. The lowest BCUT2D eigenvalue weighted by Gasteiger charge is -2.16. The molecule has 0 radical (unpaired) electrons. The lowest BCUT2D eigenvalue weighted by Crippen LogP contribution is -2.17. The molecule has 0 aliphatic heterocycles. The quantitative estimate of drug-likeness (QED) is 0.800. The maximum absolute atomic E-state index is 8.67. The van der Waals surface area contributed by atoms with Crippen LogP contribution in [0.5, 0.6) is 5.75 Å². The largest absolute Gasteiger partial charge is 0.496 e. The van der Waals surface area contributed by atoms with E-state index < -0.39 is 0 Å². The van der Waals surface area contributed by atoms with E-state index in [0.29, 0.717) is 0 Å². The van der Waals surface area contributed by atoms with Crippen molar-refractivity contribution in [3.63, 3.8) is 0 Å². The first-order chi connectivity index (χ1) is 8.21. The van der Waals surface area contributed by atoms with Gasteiger partial charge in [-0.2, -0.15) is 0 Å². The van der Waals surface area contributed by atoms with E-state index in [4.69, 9.17) is 9.84 Å². The maximum Gasteiger partial charge on any atom is 0.123 e. The van der Waals surface area contributed by atoms with Gasteiger partial charge in [-0.25, -0.2) is 0 Å². The van der Waals surface area contributed by atoms with Gasteiger partial charge in [-0.05, 0) is 31.8 Å². The van der Waals surface area contributed by atoms with E-state index in [1.165, 1.54) is 0 Å². The van der Waals surface area contributed by atoms with Crippen LogP contribution in [0.4, 0.5) is 0 Å². The summed E-state index contributed by atoms with van der Waals surface area (Å²) in [5.74, 6) is 6.43. The zero-order chi connectivity index (χ0) is 12.7. The molecule has 1 aromatic carbocycles. The summed E-state index contributed by atoms with van der Waals surface area (Å²) >= 11 is 0. The SMILES string of the molecule is CCN(C)Cc1cc(C#CCO)ccc1OC. The fraction of sp³-hybridized carbons (Fsp3) is 0.429. The highest BCUT2D eigenvalue weighted by Crippen LogP contribution is 2.20. The molecule has 17 heavy (non-hydrogen) atoms. The lowest BCUT2D eigenvalue weighted by atomic mass is 10.1. The van der Waals surface area contributed by atoms with Gasteiger partial charge in [-0.1, -0.05) is 18.8 Å². The Kier molecular flexibility index (Phi) is 5.55. The van der Waals surface area contributed by atoms with Crippen LogP contribution in [0.1, 0.15) is 18.1 Å². The first kappa shape index (κ1) is 13.6. The van der Waals surface area contributed by atoms with Gasteiger partial charge in [0.2, 0.25) is 0 Å². The Morgan fingerprint density at radius 3 is 2.76 bits per heavy atom. The zero-order valence-corrected chi connectivity index (χ0v) is 10.7. The highest BCUT2D eigenvalue weighted by atomic mass is 16.5. The minimum Gasteiger partial charge on any atom is -0.496 e. The first-order valence-electron chi connectivity index (χ1n) is 5.66. The van der Waals surface area contributed by atoms with Gasteiger partial charge in [0.05, 0.1) is 7.11 Å². The van der Waals surface area contributed by atoms with E-state index in [9.17, 15) is 0 Å². The molecule has 0 aliphatic carbocycles. The van der Waals surface area contributed by atoms with Gasteiger partial charge in [-0.15, -0.1) is 0 Å². The van der Waals surface area contributed by atoms with Crippen molar-refractivity contribution in [2.45, 2.75) is 13.5 Å². The number of hydrogen-bond donors (Lipinski definition) is 1. The van der Waals surface area contributed by atoms with Crippen LogP contribution < -0.4 is 4.74 Å². The highest BCUT2D eigenvalue weighted by Gasteiger charge is 2.05. The summed E-state index contributed by atoms with van der Waals surface area (Å²) in [6.45, 7) is 3.81. The summed E-state index contributed by atoms with van der Waals surface area (Å²) in [7, 11) is 3.73. The summed E-state index contributed by atoms with van der Waals surface area (Å²) in [4.78, 5) is 2.20. The van der Waals surface area contributed by atoms with Gasteiger partial charge in [0.25, 0.3) is 0 Å². The third-order valence-corrected chi connectivity index (χ3v) is 2.57. The van der Waals surface area contributed by atoms with Gasteiger partial charge in [0.15, 0.2) is 0 Å². The van der Waals surface area contributed by atoms with Crippen LogP contribution in [0, 0.1) is 11.8 Å². The molecule has 1 N–H and O–H groups in total. The number of aliphatic hydroxyl groups is 1. The second-order valence-corrected chi connectivity index (χ2v) is 3.82. The zero-order valence-electron chi connectivity index (χ0n) is 10.7. The molecule has 0 saturated carbocycles. The predicted molar refractivity (Wildman–Crippen MR) is 69.0 cm³/mol. The van der Waals surface area contributed by atoms with Crippen molar-refractivity contribution < 1.29 is 9.84 Å². The number of rotatable bonds is 4. The highest BCUT2D eigenvalue weighted by molar-refractivity contribution is 5.44. The molecule has 1 rings (SSSR count). The minimum absolute atomic E-state index is 0.115. The van der Waals surface area contributed by atoms with Gasteiger partial charge in [0.1, 0.15) is 12.4 Å². The van der Waals surface area contributed by atoms with Crippen LogP contribution in [0.2, 0.25) is 0 Å². The van der Waals surface area contributed by atoms with Gasteiger partial charge in [-0.3, -0.25) is 0 Å². The van der Waals surface area contributed by atoms with Crippen molar-refractivity contribution in [3.8, 4) is 17.6 Å². The molecule has 0 atom stereocenters. The average molecular weight is 233 g/mol. The minimum atomic E-state index is -0.115. The molecule has 3 heteroatoms. The van der Waals surface area contributed by atoms with Crippen LogP contribution in [-0.2, 0) is 6.54 Å². The molecule has 0 aromatic heterocycles. The smallest absolute Gasteiger partial charge is 0.123 e. The van der Waals surface area contributed by atoms with Gasteiger partial charge < -0.3 is 14.7 Å². The summed E-state index contributed by atoms with van der Waals surface area (Å²) in [6, 6.07) is 5.82. The maximum atomic E-state index is 8.67. The Balaban J connectivity index is 2.97. The number of ether oxygens (including phenoxy) is 1. The third kappa shape index (κ3) is 4.10. The monoisotopic (exact) mass is 233 g/mol. The number of nitrogens with zero attached hydrogens (tertiary/aromatic N) is 1. The van der Waals surface area contributed by atoms with E-state index in [2.05, 4.69) is 30.7 Å². The molecule has 92 valence electrons. The van der Waals surface area contributed by atoms with E-state index in [0.717, 1.165) is 30.0 Å². The number of methoxy groups -OCH3 is 1. The van der Waals surface area contributed by atoms with Crippen molar-refractivity contribution in [1.82, 2.24) is 4.90 Å². The second kappa shape index (κ2) is 6.95. The van der Waals surface area contributed by atoms with Crippen molar-refractivity contribution in [3.05, 3.63) is 29.3 Å². The van der Waals surface area contributed by atoms with Crippen molar-refractivity contribution in [2.75, 3.05) is 27.3 Å². The number of hydrogen-bond acceptors (Lipinski definition) is 3. The molecule has 0 unspecified atom stereocenters. The average Bonchev–Trinajstić information content (AvgIpc) is 2.36. The molecule has 0 saturated heterocycles. The summed E-state index contributed by atoms with van der Waals surface area (Å²) in [5.41, 5.74) is 2.01. The summed E-state index contributed by atoms with van der Waals surface area (Å²) in [6.07, 6.45) is 0. The van der Waals surface area contributed by atoms with E-state index in [-0.39, 0.29) is 6.61 Å². The van der Waals surface area contributed by atoms with Crippen molar-refractivity contribution in [1.29, 1.82) is 0 Å². The van der Waals surface area contributed by atoms with Crippen LogP contribution >= 0.6 is 0 Å². The Hall–Kier alpha value is -1.50. The fourth-order valence-corrected chi connectivity index (χ4v) is 1.52. The van der Waals surface area contributed by atoms with Gasteiger partial charge >= 0.3 is 0 Å². The van der Waals surface area contributed by atoms with Gasteiger partial charge in [0, 0.05) is 17.7 Å². The standard InChI is InChI=1S/C14H19NO2/c1-4-15(2)11-13-10-12(6-5-9-16)7-8-14(13)17-3/h7-8,10,16H,4,9,11H2,1-3H3. The van der Waals surface area contributed by atoms with E-state index in [1.54, 1.807) is 7.11 Å². The molecular weight excluding hydrogens is 214 g/mol. The first-order valence-corrected chi connectivity index (χ1v) is 5.66. The molecular formula is C14H19NO2. The Morgan fingerprint density at radius 2 is 2.18 bits per heavy atom. The molecule has 3 nitrogen and oxygen atoms in total. The Morgan fingerprint density at radius 1 is 1.41 bits per heavy atom. The summed E-state index contributed by atoms with van der Waals surface area (Å²) in [5, 5.41) is 8.67. The van der Waals surface area contributed by atoms with E-state index >= 15 is 0 Å². The Bertz CT molecular complexity index is 418. The summed E-state index contributed by atoms with van der Waals surface area (Å²) < 4.78 is 5.33. The molecule has 0 amide bonds. The topological polar surface area (TPSA) is 32.7 Å². The van der Waals surface area contributed by atoms with Crippen LogP contribution in [0.15, 0.2) is 18.2 Å². The van der Waals surface area contributed by atoms with Crippen LogP contribution in [0.25, 0.3) is 0 Å². The lowest BCUT2D eigenvalue weighted by molar-refractivity contribution is 0.333. The molecule has 0 heterocycles. The molecule has 0 fully saturated rings. The third-order valence-electron chi connectivity index (χ3n) is 2.57. The van der Waals surface area contributed by atoms with E-state index in [1.807, 2.05) is 18.2 Å². The molecule has 0 aliphatic rings. The van der Waals surface area contributed by atoms with Crippen LogP contribution in [-0.4, -0.2) is 37.3 Å². The normalized spacial score (nSPS) is 9.94. The number of aliphatic hydroxyl groups excluding tert-OH is 1.